The number of halogens is 1. The third-order valence-electron chi connectivity index (χ3n) is 2.24. The highest BCUT2D eigenvalue weighted by molar-refractivity contribution is 9.10. The predicted octanol–water partition coefficient (Wildman–Crippen LogP) is 2.86. The number of rotatable bonds is 3. The second kappa shape index (κ2) is 4.66. The highest BCUT2D eigenvalue weighted by Crippen LogP contribution is 2.21. The Morgan fingerprint density at radius 2 is 2.00 bits per heavy atom. The smallest absolute Gasteiger partial charge is 0.0739 e. The lowest BCUT2D eigenvalue weighted by molar-refractivity contribution is 0.412. The van der Waals surface area contributed by atoms with Crippen LogP contribution in [0.15, 0.2) is 4.47 Å². The van der Waals surface area contributed by atoms with Crippen LogP contribution in [0.5, 0.6) is 0 Å². The summed E-state index contributed by atoms with van der Waals surface area (Å²) >= 11 is 3.59. The largest absolute Gasteiger partial charge is 0.306 e. The van der Waals surface area contributed by atoms with Gasteiger partial charge < -0.3 is 5.32 Å². The molecule has 0 aliphatic heterocycles. The van der Waals surface area contributed by atoms with Crippen LogP contribution in [-0.2, 0) is 13.1 Å². The molecule has 0 bridgehead atoms. The first-order valence-electron chi connectivity index (χ1n) is 5.32. The topological polar surface area (TPSA) is 29.9 Å². The first kappa shape index (κ1) is 12.7. The minimum atomic E-state index is 0.135. The maximum Gasteiger partial charge on any atom is 0.0739 e. The molecule has 0 saturated heterocycles. The molecule has 1 aromatic rings. The van der Waals surface area contributed by atoms with Crippen molar-refractivity contribution in [2.75, 3.05) is 0 Å². The van der Waals surface area contributed by atoms with Crippen LogP contribution < -0.4 is 5.32 Å². The molecule has 0 aliphatic carbocycles. The molecule has 1 rings (SSSR count). The fraction of sp³-hybridized carbons (Fsp3) is 0.727. The van der Waals surface area contributed by atoms with Crippen molar-refractivity contribution >= 4 is 15.9 Å². The first-order chi connectivity index (χ1) is 6.85. The van der Waals surface area contributed by atoms with Crippen LogP contribution in [0.3, 0.4) is 0 Å². The molecule has 0 radical (unpaired) electrons. The van der Waals surface area contributed by atoms with Crippen LogP contribution in [0.1, 0.15) is 39.1 Å². The molecular formula is C11H20BrN3. The van der Waals surface area contributed by atoms with Crippen molar-refractivity contribution in [2.45, 2.75) is 53.2 Å². The molecule has 0 unspecified atom stereocenters. The SMILES string of the molecule is CCn1nc(C)c(Br)c1CNC(C)(C)C. The van der Waals surface area contributed by atoms with E-state index in [4.69, 9.17) is 0 Å². The Bertz CT molecular complexity index is 336. The molecule has 0 amide bonds. The molecule has 1 aromatic heterocycles. The molecule has 3 nitrogen and oxygen atoms in total. The van der Waals surface area contributed by atoms with Crippen molar-refractivity contribution < 1.29 is 0 Å². The van der Waals surface area contributed by atoms with E-state index in [-0.39, 0.29) is 5.54 Å². The predicted molar refractivity (Wildman–Crippen MR) is 66.9 cm³/mol. The van der Waals surface area contributed by atoms with Crippen molar-refractivity contribution in [3.8, 4) is 0 Å². The van der Waals surface area contributed by atoms with Gasteiger partial charge in [0.25, 0.3) is 0 Å². The molecule has 1 N–H and O–H groups in total. The van der Waals surface area contributed by atoms with E-state index >= 15 is 0 Å². The van der Waals surface area contributed by atoms with Gasteiger partial charge in [0.15, 0.2) is 0 Å². The molecule has 0 aliphatic rings. The highest BCUT2D eigenvalue weighted by Gasteiger charge is 2.15. The molecule has 0 fully saturated rings. The Labute approximate surface area is 100 Å². The van der Waals surface area contributed by atoms with E-state index in [0.29, 0.717) is 0 Å². The van der Waals surface area contributed by atoms with Crippen LogP contribution in [0.2, 0.25) is 0 Å². The molecule has 0 spiro atoms. The third kappa shape index (κ3) is 3.31. The summed E-state index contributed by atoms with van der Waals surface area (Å²) in [6, 6.07) is 0. The summed E-state index contributed by atoms with van der Waals surface area (Å²) in [6.07, 6.45) is 0. The molecule has 86 valence electrons. The minimum Gasteiger partial charge on any atom is -0.306 e. The van der Waals surface area contributed by atoms with Crippen molar-refractivity contribution in [2.24, 2.45) is 0 Å². The van der Waals surface area contributed by atoms with Gasteiger partial charge in [-0.3, -0.25) is 4.68 Å². The van der Waals surface area contributed by atoms with Gasteiger partial charge >= 0.3 is 0 Å². The van der Waals surface area contributed by atoms with Gasteiger partial charge in [-0.25, -0.2) is 0 Å². The van der Waals surface area contributed by atoms with Crippen LogP contribution in [0.25, 0.3) is 0 Å². The zero-order chi connectivity index (χ0) is 11.6. The monoisotopic (exact) mass is 273 g/mol. The average Bonchev–Trinajstić information content (AvgIpc) is 2.39. The molecule has 4 heteroatoms. The second-order valence-electron chi connectivity index (χ2n) is 4.77. The maximum atomic E-state index is 4.46. The lowest BCUT2D eigenvalue weighted by atomic mass is 10.1. The Kier molecular flexibility index (Phi) is 3.95. The Morgan fingerprint density at radius 1 is 1.40 bits per heavy atom. The highest BCUT2D eigenvalue weighted by atomic mass is 79.9. The maximum absolute atomic E-state index is 4.46. The summed E-state index contributed by atoms with van der Waals surface area (Å²) in [5.41, 5.74) is 2.42. The summed E-state index contributed by atoms with van der Waals surface area (Å²) in [6.45, 7) is 12.4. The summed E-state index contributed by atoms with van der Waals surface area (Å²) < 4.78 is 3.17. The molecule has 1 heterocycles. The average molecular weight is 274 g/mol. The molecule has 0 atom stereocenters. The summed E-state index contributed by atoms with van der Waals surface area (Å²) in [5.74, 6) is 0. The Morgan fingerprint density at radius 3 is 2.47 bits per heavy atom. The summed E-state index contributed by atoms with van der Waals surface area (Å²) in [5, 5.41) is 7.94. The van der Waals surface area contributed by atoms with Crippen LogP contribution in [-0.4, -0.2) is 15.3 Å². The van der Waals surface area contributed by atoms with Crippen molar-refractivity contribution in [1.82, 2.24) is 15.1 Å². The van der Waals surface area contributed by atoms with Gasteiger partial charge in [0.2, 0.25) is 0 Å². The number of aryl methyl sites for hydroxylation is 2. The number of aromatic nitrogens is 2. The van der Waals surface area contributed by atoms with Gasteiger partial charge in [-0.1, -0.05) is 0 Å². The molecule has 15 heavy (non-hydrogen) atoms. The number of hydrogen-bond donors (Lipinski definition) is 1. The standard InChI is InChI=1S/C11H20BrN3/c1-6-15-9(7-13-11(3,4)5)10(12)8(2)14-15/h13H,6-7H2,1-5H3. The fourth-order valence-corrected chi connectivity index (χ4v) is 1.81. The van der Waals surface area contributed by atoms with Crippen LogP contribution >= 0.6 is 15.9 Å². The normalized spacial score (nSPS) is 12.1. The minimum absolute atomic E-state index is 0.135. The quantitative estimate of drug-likeness (QED) is 0.918. The lowest BCUT2D eigenvalue weighted by Gasteiger charge is -2.20. The van der Waals surface area contributed by atoms with E-state index in [1.807, 2.05) is 11.6 Å². The molecule has 0 saturated carbocycles. The van der Waals surface area contributed by atoms with E-state index in [9.17, 15) is 0 Å². The number of hydrogen-bond acceptors (Lipinski definition) is 2. The second-order valence-corrected chi connectivity index (χ2v) is 5.56. The van der Waals surface area contributed by atoms with Gasteiger partial charge in [-0.05, 0) is 50.5 Å². The van der Waals surface area contributed by atoms with E-state index in [1.54, 1.807) is 0 Å². The molecule has 0 aromatic carbocycles. The van der Waals surface area contributed by atoms with Gasteiger partial charge in [0.1, 0.15) is 0 Å². The van der Waals surface area contributed by atoms with Gasteiger partial charge in [-0.15, -0.1) is 0 Å². The van der Waals surface area contributed by atoms with E-state index in [1.165, 1.54) is 5.69 Å². The zero-order valence-corrected chi connectivity index (χ0v) is 11.8. The number of nitrogens with one attached hydrogen (secondary N) is 1. The van der Waals surface area contributed by atoms with Gasteiger partial charge in [0.05, 0.1) is 15.9 Å². The zero-order valence-electron chi connectivity index (χ0n) is 10.2. The van der Waals surface area contributed by atoms with Crippen molar-refractivity contribution in [3.63, 3.8) is 0 Å². The third-order valence-corrected chi connectivity index (χ3v) is 3.27. The van der Waals surface area contributed by atoms with Crippen LogP contribution in [0, 0.1) is 6.92 Å². The van der Waals surface area contributed by atoms with Gasteiger partial charge in [-0.2, -0.15) is 5.10 Å². The number of nitrogens with zero attached hydrogens (tertiary/aromatic N) is 2. The fourth-order valence-electron chi connectivity index (χ4n) is 1.39. The van der Waals surface area contributed by atoms with E-state index < -0.39 is 0 Å². The van der Waals surface area contributed by atoms with Crippen molar-refractivity contribution in [1.29, 1.82) is 0 Å². The summed E-state index contributed by atoms with van der Waals surface area (Å²) in [4.78, 5) is 0. The van der Waals surface area contributed by atoms with Gasteiger partial charge in [0, 0.05) is 18.6 Å². The first-order valence-corrected chi connectivity index (χ1v) is 6.11. The van der Waals surface area contributed by atoms with Crippen molar-refractivity contribution in [3.05, 3.63) is 15.9 Å². The Hall–Kier alpha value is -0.350. The lowest BCUT2D eigenvalue weighted by Crippen LogP contribution is -2.35. The molecular weight excluding hydrogens is 254 g/mol. The van der Waals surface area contributed by atoms with E-state index in [0.717, 1.165) is 23.3 Å². The Balaban J connectivity index is 2.84. The van der Waals surface area contributed by atoms with E-state index in [2.05, 4.69) is 54.0 Å². The summed E-state index contributed by atoms with van der Waals surface area (Å²) in [7, 11) is 0. The van der Waals surface area contributed by atoms with Crippen LogP contribution in [0.4, 0.5) is 0 Å².